The Labute approximate surface area is 95.5 Å². The molecule has 2 N–H and O–H groups in total. The van der Waals surface area contributed by atoms with Crippen LogP contribution in [-0.2, 0) is 0 Å². The minimum absolute atomic E-state index is 0.0641. The molecular formula is C13H18FNO. The first-order valence-corrected chi connectivity index (χ1v) is 5.87. The number of nitrogens with one attached hydrogen (secondary N) is 1. The zero-order chi connectivity index (χ0) is 11.5. The van der Waals surface area contributed by atoms with Crippen molar-refractivity contribution in [2.45, 2.75) is 44.8 Å². The lowest BCUT2D eigenvalue weighted by Gasteiger charge is -2.29. The second-order valence-electron chi connectivity index (χ2n) is 4.56. The maximum absolute atomic E-state index is 13.1. The highest BCUT2D eigenvalue weighted by atomic mass is 19.1. The molecule has 0 radical (unpaired) electrons. The number of hydrogen-bond donors (Lipinski definition) is 2. The number of aryl methyl sites for hydroxylation is 1. The summed E-state index contributed by atoms with van der Waals surface area (Å²) in [6.07, 6.45) is 3.70. The second kappa shape index (κ2) is 4.83. The largest absolute Gasteiger partial charge is 0.391 e. The van der Waals surface area contributed by atoms with Gasteiger partial charge in [0, 0.05) is 5.69 Å². The summed E-state index contributed by atoms with van der Waals surface area (Å²) in [5.41, 5.74) is 1.81. The summed E-state index contributed by atoms with van der Waals surface area (Å²) in [5, 5.41) is 13.1. The molecule has 0 heterocycles. The molecule has 0 aliphatic heterocycles. The van der Waals surface area contributed by atoms with Crippen molar-refractivity contribution >= 4 is 5.69 Å². The van der Waals surface area contributed by atoms with E-state index in [0.717, 1.165) is 36.9 Å². The summed E-state index contributed by atoms with van der Waals surface area (Å²) in [4.78, 5) is 0. The summed E-state index contributed by atoms with van der Waals surface area (Å²) in [6, 6.07) is 4.77. The molecule has 0 amide bonds. The lowest BCUT2D eigenvalue weighted by molar-refractivity contribution is 0.116. The van der Waals surface area contributed by atoms with Gasteiger partial charge in [0.1, 0.15) is 5.82 Å². The number of benzene rings is 1. The SMILES string of the molecule is Cc1ccc(F)cc1N[C@@H]1CCCC[C@H]1O. The van der Waals surface area contributed by atoms with Crippen LogP contribution in [-0.4, -0.2) is 17.3 Å². The van der Waals surface area contributed by atoms with Crippen molar-refractivity contribution in [1.82, 2.24) is 0 Å². The molecule has 16 heavy (non-hydrogen) atoms. The van der Waals surface area contributed by atoms with Crippen molar-refractivity contribution in [2.24, 2.45) is 0 Å². The van der Waals surface area contributed by atoms with Crippen LogP contribution in [0.25, 0.3) is 0 Å². The highest BCUT2D eigenvalue weighted by molar-refractivity contribution is 5.51. The van der Waals surface area contributed by atoms with E-state index in [4.69, 9.17) is 0 Å². The van der Waals surface area contributed by atoms with Gasteiger partial charge in [-0.25, -0.2) is 4.39 Å². The molecule has 1 aromatic carbocycles. The molecule has 1 fully saturated rings. The van der Waals surface area contributed by atoms with Crippen LogP contribution >= 0.6 is 0 Å². The first-order valence-electron chi connectivity index (χ1n) is 5.87. The third-order valence-electron chi connectivity index (χ3n) is 3.27. The fraction of sp³-hybridized carbons (Fsp3) is 0.538. The quantitative estimate of drug-likeness (QED) is 0.808. The van der Waals surface area contributed by atoms with E-state index >= 15 is 0 Å². The van der Waals surface area contributed by atoms with Crippen molar-refractivity contribution in [3.05, 3.63) is 29.6 Å². The van der Waals surface area contributed by atoms with Crippen LogP contribution in [0.3, 0.4) is 0 Å². The van der Waals surface area contributed by atoms with Gasteiger partial charge in [0.2, 0.25) is 0 Å². The molecule has 1 saturated carbocycles. The second-order valence-corrected chi connectivity index (χ2v) is 4.56. The van der Waals surface area contributed by atoms with Crippen molar-refractivity contribution in [2.75, 3.05) is 5.32 Å². The van der Waals surface area contributed by atoms with Gasteiger partial charge in [-0.3, -0.25) is 0 Å². The number of anilines is 1. The Morgan fingerprint density at radius 1 is 1.31 bits per heavy atom. The van der Waals surface area contributed by atoms with E-state index in [2.05, 4.69) is 5.32 Å². The third kappa shape index (κ3) is 2.53. The minimum Gasteiger partial charge on any atom is -0.391 e. The fourth-order valence-electron chi connectivity index (χ4n) is 2.23. The van der Waals surface area contributed by atoms with Gasteiger partial charge < -0.3 is 10.4 Å². The van der Waals surface area contributed by atoms with E-state index in [1.165, 1.54) is 12.1 Å². The summed E-state index contributed by atoms with van der Waals surface area (Å²) in [5.74, 6) is -0.238. The Balaban J connectivity index is 2.10. The highest BCUT2D eigenvalue weighted by Crippen LogP contribution is 2.24. The first kappa shape index (κ1) is 11.4. The topological polar surface area (TPSA) is 32.3 Å². The van der Waals surface area contributed by atoms with Crippen molar-refractivity contribution in [3.8, 4) is 0 Å². The van der Waals surface area contributed by atoms with Gasteiger partial charge in [-0.05, 0) is 37.5 Å². The fourth-order valence-corrected chi connectivity index (χ4v) is 2.23. The predicted octanol–water partition coefficient (Wildman–Crippen LogP) is 2.85. The Morgan fingerprint density at radius 2 is 2.06 bits per heavy atom. The average Bonchev–Trinajstić information content (AvgIpc) is 2.27. The Bertz CT molecular complexity index is 367. The van der Waals surface area contributed by atoms with Crippen LogP contribution in [0.5, 0.6) is 0 Å². The van der Waals surface area contributed by atoms with Crippen LogP contribution in [0.2, 0.25) is 0 Å². The lowest BCUT2D eigenvalue weighted by atomic mass is 9.92. The van der Waals surface area contributed by atoms with Gasteiger partial charge >= 0.3 is 0 Å². The maximum Gasteiger partial charge on any atom is 0.125 e. The molecule has 88 valence electrons. The third-order valence-corrected chi connectivity index (χ3v) is 3.27. The highest BCUT2D eigenvalue weighted by Gasteiger charge is 2.23. The van der Waals surface area contributed by atoms with Crippen LogP contribution in [0, 0.1) is 12.7 Å². The Hall–Kier alpha value is -1.09. The standard InChI is InChI=1S/C13H18FNO/c1-9-6-7-10(14)8-12(9)15-11-4-2-3-5-13(11)16/h6-8,11,13,15-16H,2-5H2,1H3/t11-,13-/m1/s1. The number of halogens is 1. The molecule has 2 atom stereocenters. The molecule has 1 aromatic rings. The maximum atomic E-state index is 13.1. The number of aliphatic hydroxyl groups excluding tert-OH is 1. The molecule has 3 heteroatoms. The van der Waals surface area contributed by atoms with Gasteiger partial charge in [-0.15, -0.1) is 0 Å². The summed E-state index contributed by atoms with van der Waals surface area (Å²) >= 11 is 0. The smallest absolute Gasteiger partial charge is 0.125 e. The number of rotatable bonds is 2. The molecule has 0 unspecified atom stereocenters. The summed E-state index contributed by atoms with van der Waals surface area (Å²) in [6.45, 7) is 1.94. The van der Waals surface area contributed by atoms with Gasteiger partial charge in [0.05, 0.1) is 12.1 Å². The van der Waals surface area contributed by atoms with Gasteiger partial charge in [-0.1, -0.05) is 18.9 Å². The Kier molecular flexibility index (Phi) is 3.44. The molecule has 0 spiro atoms. The van der Waals surface area contributed by atoms with Gasteiger partial charge in [-0.2, -0.15) is 0 Å². The van der Waals surface area contributed by atoms with Crippen LogP contribution < -0.4 is 5.32 Å². The van der Waals surface area contributed by atoms with E-state index in [9.17, 15) is 9.50 Å². The molecule has 1 aliphatic rings. The zero-order valence-corrected chi connectivity index (χ0v) is 9.54. The molecular weight excluding hydrogens is 205 g/mol. The molecule has 2 rings (SSSR count). The molecule has 0 bridgehead atoms. The predicted molar refractivity (Wildman–Crippen MR) is 63.0 cm³/mol. The van der Waals surface area contributed by atoms with Crippen molar-refractivity contribution in [1.29, 1.82) is 0 Å². The van der Waals surface area contributed by atoms with Crippen LogP contribution in [0.4, 0.5) is 10.1 Å². The Morgan fingerprint density at radius 3 is 2.81 bits per heavy atom. The van der Waals surface area contributed by atoms with E-state index < -0.39 is 0 Å². The van der Waals surface area contributed by atoms with E-state index in [1.807, 2.05) is 6.92 Å². The van der Waals surface area contributed by atoms with Crippen LogP contribution in [0.1, 0.15) is 31.2 Å². The monoisotopic (exact) mass is 223 g/mol. The minimum atomic E-state index is -0.309. The average molecular weight is 223 g/mol. The lowest BCUT2D eigenvalue weighted by Crippen LogP contribution is -2.36. The van der Waals surface area contributed by atoms with E-state index in [-0.39, 0.29) is 18.0 Å². The summed E-state index contributed by atoms with van der Waals surface area (Å²) < 4.78 is 13.1. The zero-order valence-electron chi connectivity index (χ0n) is 9.54. The first-order chi connectivity index (χ1) is 7.66. The van der Waals surface area contributed by atoms with Crippen molar-refractivity contribution < 1.29 is 9.50 Å². The van der Waals surface area contributed by atoms with E-state index in [0.29, 0.717) is 0 Å². The molecule has 0 saturated heterocycles. The van der Waals surface area contributed by atoms with Crippen molar-refractivity contribution in [3.63, 3.8) is 0 Å². The van der Waals surface area contributed by atoms with E-state index in [1.54, 1.807) is 6.07 Å². The van der Waals surface area contributed by atoms with Crippen LogP contribution in [0.15, 0.2) is 18.2 Å². The van der Waals surface area contributed by atoms with Gasteiger partial charge in [0.15, 0.2) is 0 Å². The molecule has 1 aliphatic carbocycles. The number of aliphatic hydroxyl groups is 1. The normalized spacial score (nSPS) is 25.4. The number of hydrogen-bond acceptors (Lipinski definition) is 2. The molecule has 2 nitrogen and oxygen atoms in total. The van der Waals surface area contributed by atoms with Gasteiger partial charge in [0.25, 0.3) is 0 Å². The summed E-state index contributed by atoms with van der Waals surface area (Å²) in [7, 11) is 0. The molecule has 0 aromatic heterocycles.